The van der Waals surface area contributed by atoms with E-state index in [1.807, 2.05) is 4.90 Å². The first-order chi connectivity index (χ1) is 11.1. The number of carbonyl (C=O) groups is 1. The van der Waals surface area contributed by atoms with Gasteiger partial charge in [-0.2, -0.15) is 5.26 Å². The molecule has 1 aromatic heterocycles. The van der Waals surface area contributed by atoms with Crippen molar-refractivity contribution in [2.24, 2.45) is 17.8 Å². The van der Waals surface area contributed by atoms with E-state index >= 15 is 0 Å². The summed E-state index contributed by atoms with van der Waals surface area (Å²) in [5.41, 5.74) is 0.339. The van der Waals surface area contributed by atoms with Crippen molar-refractivity contribution in [1.82, 2.24) is 10.1 Å². The van der Waals surface area contributed by atoms with Gasteiger partial charge in [0.15, 0.2) is 5.69 Å². The van der Waals surface area contributed by atoms with Crippen LogP contribution in [0.3, 0.4) is 0 Å². The summed E-state index contributed by atoms with van der Waals surface area (Å²) in [5, 5.41) is 13.0. The normalized spacial score (nSPS) is 34.3. The lowest BCUT2D eigenvalue weighted by Gasteiger charge is -2.60. The summed E-state index contributed by atoms with van der Waals surface area (Å²) in [7, 11) is 0. The Hall–Kier alpha value is -1.83. The van der Waals surface area contributed by atoms with Crippen LogP contribution in [0.25, 0.3) is 0 Å². The van der Waals surface area contributed by atoms with Crippen LogP contribution >= 0.6 is 0 Å². The van der Waals surface area contributed by atoms with E-state index in [0.29, 0.717) is 24.4 Å². The Labute approximate surface area is 136 Å². The van der Waals surface area contributed by atoms with Crippen molar-refractivity contribution < 1.29 is 9.32 Å². The maximum atomic E-state index is 13.1. The van der Waals surface area contributed by atoms with Crippen LogP contribution in [0.15, 0.2) is 10.6 Å². The van der Waals surface area contributed by atoms with E-state index in [4.69, 9.17) is 9.78 Å². The van der Waals surface area contributed by atoms with E-state index in [-0.39, 0.29) is 11.4 Å². The maximum Gasteiger partial charge on any atom is 0.276 e. The zero-order valence-corrected chi connectivity index (χ0v) is 13.6. The minimum atomic E-state index is -0.0564. The number of nitrogens with zero attached hydrogens (tertiary/aromatic N) is 3. The molecule has 4 bridgehead atoms. The Kier molecular flexibility index (Phi) is 3.44. The first-order valence-corrected chi connectivity index (χ1v) is 8.72. The molecule has 0 saturated heterocycles. The Balaban J connectivity index is 1.65. The zero-order valence-electron chi connectivity index (χ0n) is 13.6. The summed E-state index contributed by atoms with van der Waals surface area (Å²) < 4.78 is 5.10. The van der Waals surface area contributed by atoms with Crippen LogP contribution in [-0.4, -0.2) is 28.0 Å². The molecule has 5 heteroatoms. The van der Waals surface area contributed by atoms with Gasteiger partial charge in [-0.15, -0.1) is 0 Å². The molecule has 23 heavy (non-hydrogen) atoms. The van der Waals surface area contributed by atoms with Crippen LogP contribution in [0, 0.1) is 36.0 Å². The number of rotatable bonds is 4. The third-order valence-corrected chi connectivity index (χ3v) is 6.12. The van der Waals surface area contributed by atoms with Gasteiger partial charge in [0.2, 0.25) is 0 Å². The molecular weight excluding hydrogens is 290 g/mol. The quantitative estimate of drug-likeness (QED) is 0.855. The highest BCUT2D eigenvalue weighted by atomic mass is 16.5. The highest BCUT2D eigenvalue weighted by Crippen LogP contribution is 2.58. The van der Waals surface area contributed by atoms with E-state index in [9.17, 15) is 4.79 Å². The second kappa shape index (κ2) is 5.36. The molecule has 1 heterocycles. The Morgan fingerprint density at radius 3 is 2.43 bits per heavy atom. The molecule has 0 radical (unpaired) electrons. The van der Waals surface area contributed by atoms with Gasteiger partial charge in [0.25, 0.3) is 5.91 Å². The number of hydrogen-bond acceptors (Lipinski definition) is 4. The Morgan fingerprint density at radius 1 is 1.35 bits per heavy atom. The SMILES string of the molecule is Cc1cc(C(=O)N(CCC#N)C23CC4CC(CC(C4)C2)C3)no1. The fourth-order valence-electron chi connectivity index (χ4n) is 5.72. The molecule has 4 fully saturated rings. The molecule has 1 amide bonds. The summed E-state index contributed by atoms with van der Waals surface area (Å²) in [6.07, 6.45) is 7.70. The molecule has 0 N–H and O–H groups in total. The minimum absolute atomic E-state index is 0.0461. The number of aryl methyl sites for hydroxylation is 1. The number of nitriles is 1. The second-order valence-electron chi connectivity index (χ2n) is 7.83. The molecule has 5 nitrogen and oxygen atoms in total. The van der Waals surface area contributed by atoms with Gasteiger partial charge in [-0.05, 0) is 63.2 Å². The van der Waals surface area contributed by atoms with Crippen molar-refractivity contribution in [3.8, 4) is 6.07 Å². The Bertz CT molecular complexity index is 622. The fourth-order valence-corrected chi connectivity index (χ4v) is 5.72. The Morgan fingerprint density at radius 2 is 1.96 bits per heavy atom. The first kappa shape index (κ1) is 14.7. The lowest BCUT2D eigenvalue weighted by atomic mass is 9.52. The summed E-state index contributed by atoms with van der Waals surface area (Å²) >= 11 is 0. The molecule has 0 aromatic carbocycles. The molecule has 0 spiro atoms. The van der Waals surface area contributed by atoms with Gasteiger partial charge in [-0.3, -0.25) is 4.79 Å². The molecular formula is C18H23N3O2. The summed E-state index contributed by atoms with van der Waals surface area (Å²) in [4.78, 5) is 15.1. The van der Waals surface area contributed by atoms with Crippen molar-refractivity contribution in [2.75, 3.05) is 6.54 Å². The van der Waals surface area contributed by atoms with Crippen LogP contribution in [0.5, 0.6) is 0 Å². The largest absolute Gasteiger partial charge is 0.361 e. The monoisotopic (exact) mass is 313 g/mol. The van der Waals surface area contributed by atoms with E-state index in [1.165, 1.54) is 19.3 Å². The number of amides is 1. The zero-order chi connectivity index (χ0) is 16.0. The highest BCUT2D eigenvalue weighted by Gasteiger charge is 2.54. The fraction of sp³-hybridized carbons (Fsp3) is 0.722. The third kappa shape index (κ3) is 2.45. The average molecular weight is 313 g/mol. The third-order valence-electron chi connectivity index (χ3n) is 6.12. The summed E-state index contributed by atoms with van der Waals surface area (Å²) in [6.45, 7) is 2.31. The van der Waals surface area contributed by atoms with Gasteiger partial charge < -0.3 is 9.42 Å². The molecule has 4 saturated carbocycles. The molecule has 122 valence electrons. The predicted molar refractivity (Wildman–Crippen MR) is 83.4 cm³/mol. The van der Waals surface area contributed by atoms with Crippen molar-refractivity contribution in [3.05, 3.63) is 17.5 Å². The van der Waals surface area contributed by atoms with Crippen molar-refractivity contribution >= 4 is 5.91 Å². The van der Waals surface area contributed by atoms with Crippen LogP contribution in [0.2, 0.25) is 0 Å². The minimum Gasteiger partial charge on any atom is -0.361 e. The van der Waals surface area contributed by atoms with Crippen molar-refractivity contribution in [2.45, 2.75) is 57.4 Å². The molecule has 4 aliphatic carbocycles. The van der Waals surface area contributed by atoms with Crippen LogP contribution in [0.1, 0.15) is 61.2 Å². The van der Waals surface area contributed by atoms with Crippen LogP contribution in [-0.2, 0) is 0 Å². The number of carbonyl (C=O) groups excluding carboxylic acids is 1. The van der Waals surface area contributed by atoms with E-state index in [1.54, 1.807) is 13.0 Å². The molecule has 1 aromatic rings. The van der Waals surface area contributed by atoms with Crippen LogP contribution in [0.4, 0.5) is 0 Å². The summed E-state index contributed by atoms with van der Waals surface area (Å²) in [5.74, 6) is 2.88. The van der Waals surface area contributed by atoms with E-state index in [0.717, 1.165) is 37.0 Å². The smallest absolute Gasteiger partial charge is 0.276 e. The summed E-state index contributed by atoms with van der Waals surface area (Å²) in [6, 6.07) is 3.91. The van der Waals surface area contributed by atoms with Crippen molar-refractivity contribution in [3.63, 3.8) is 0 Å². The van der Waals surface area contributed by atoms with Gasteiger partial charge in [0, 0.05) is 18.2 Å². The van der Waals surface area contributed by atoms with Crippen LogP contribution < -0.4 is 0 Å². The standard InChI is InChI=1S/C18H23N3O2/c1-12-5-16(20-23-12)17(22)21(4-2-3-19)18-9-13-6-14(10-18)8-15(7-13)11-18/h5,13-15H,2,4,6-11H2,1H3. The predicted octanol–water partition coefficient (Wildman–Crippen LogP) is 3.31. The maximum absolute atomic E-state index is 13.1. The van der Waals surface area contributed by atoms with Gasteiger partial charge in [-0.1, -0.05) is 5.16 Å². The van der Waals surface area contributed by atoms with Gasteiger partial charge >= 0.3 is 0 Å². The van der Waals surface area contributed by atoms with E-state index < -0.39 is 0 Å². The van der Waals surface area contributed by atoms with Crippen molar-refractivity contribution in [1.29, 1.82) is 5.26 Å². The first-order valence-electron chi connectivity index (χ1n) is 8.72. The average Bonchev–Trinajstić information content (AvgIpc) is 2.92. The number of hydrogen-bond donors (Lipinski definition) is 0. The lowest BCUT2D eigenvalue weighted by molar-refractivity contribution is -0.0743. The van der Waals surface area contributed by atoms with Gasteiger partial charge in [0.05, 0.1) is 12.5 Å². The topological polar surface area (TPSA) is 70.1 Å². The molecule has 0 unspecified atom stereocenters. The second-order valence-corrected chi connectivity index (χ2v) is 7.83. The van der Waals surface area contributed by atoms with Gasteiger partial charge in [-0.25, -0.2) is 0 Å². The molecule has 0 aliphatic heterocycles. The highest BCUT2D eigenvalue weighted by molar-refractivity contribution is 5.92. The van der Waals surface area contributed by atoms with Gasteiger partial charge in [0.1, 0.15) is 5.76 Å². The molecule has 4 aliphatic rings. The lowest BCUT2D eigenvalue weighted by Crippen LogP contribution is -2.61. The van der Waals surface area contributed by atoms with E-state index in [2.05, 4.69) is 11.2 Å². The number of aromatic nitrogens is 1. The molecule has 5 rings (SSSR count). The molecule has 0 atom stereocenters.